The maximum atomic E-state index is 10.8. The molecule has 0 unspecified atom stereocenters. The fourth-order valence-electron chi connectivity index (χ4n) is 1.69. The van der Waals surface area contributed by atoms with Gasteiger partial charge in [0.2, 0.25) is 0 Å². The van der Waals surface area contributed by atoms with Crippen molar-refractivity contribution in [1.29, 1.82) is 0 Å². The van der Waals surface area contributed by atoms with E-state index in [1.807, 2.05) is 31.3 Å². The number of benzene rings is 2. The highest BCUT2D eigenvalue weighted by Crippen LogP contribution is 2.33. The fourth-order valence-corrected chi connectivity index (χ4v) is 2.02. The second-order valence-electron chi connectivity index (χ2n) is 4.15. The average Bonchev–Trinajstić information content (AvgIpc) is 2.43. The molecule has 1 N–H and O–H groups in total. The van der Waals surface area contributed by atoms with Crippen molar-refractivity contribution in [3.05, 3.63) is 62.6 Å². The first-order chi connectivity index (χ1) is 9.60. The molecule has 0 spiro atoms. The maximum absolute atomic E-state index is 10.8. The molecule has 2 aromatic rings. The van der Waals surface area contributed by atoms with Crippen LogP contribution in [0.4, 0.5) is 5.69 Å². The van der Waals surface area contributed by atoms with E-state index < -0.39 is 4.92 Å². The van der Waals surface area contributed by atoms with Gasteiger partial charge in [0, 0.05) is 12.6 Å². The topological polar surface area (TPSA) is 64.4 Å². The van der Waals surface area contributed by atoms with E-state index in [0.29, 0.717) is 16.0 Å². The summed E-state index contributed by atoms with van der Waals surface area (Å²) in [5, 5.41) is 13.8. The molecule has 0 amide bonds. The number of hydrogen-bond acceptors (Lipinski definition) is 4. The van der Waals surface area contributed by atoms with Gasteiger partial charge in [-0.05, 0) is 46.7 Å². The molecule has 0 aliphatic rings. The number of halogens is 1. The maximum Gasteiger partial charge on any atom is 0.273 e. The first-order valence-electron chi connectivity index (χ1n) is 5.95. The van der Waals surface area contributed by atoms with Crippen LogP contribution in [-0.2, 0) is 6.54 Å². The van der Waals surface area contributed by atoms with Crippen LogP contribution in [0.15, 0.2) is 46.9 Å². The van der Waals surface area contributed by atoms with Crippen LogP contribution >= 0.6 is 15.9 Å². The van der Waals surface area contributed by atoms with Gasteiger partial charge in [-0.15, -0.1) is 0 Å². The van der Waals surface area contributed by atoms with Crippen LogP contribution in [-0.4, -0.2) is 12.0 Å². The Morgan fingerprint density at radius 3 is 2.55 bits per heavy atom. The lowest BCUT2D eigenvalue weighted by atomic mass is 10.2. The second-order valence-corrected chi connectivity index (χ2v) is 5.00. The summed E-state index contributed by atoms with van der Waals surface area (Å²) >= 11 is 3.32. The summed E-state index contributed by atoms with van der Waals surface area (Å²) < 4.78 is 6.33. The highest BCUT2D eigenvalue weighted by molar-refractivity contribution is 9.10. The molecule has 0 saturated carbocycles. The lowest BCUT2D eigenvalue weighted by molar-refractivity contribution is -0.384. The van der Waals surface area contributed by atoms with E-state index in [0.717, 1.165) is 12.1 Å². The smallest absolute Gasteiger partial charge is 0.273 e. The number of nitro benzene ring substituents is 1. The molecule has 0 radical (unpaired) electrons. The predicted octanol–water partition coefficient (Wildman–Crippen LogP) is 3.87. The molecule has 6 heteroatoms. The van der Waals surface area contributed by atoms with Gasteiger partial charge in [0.05, 0.1) is 15.5 Å². The van der Waals surface area contributed by atoms with Gasteiger partial charge in [0.1, 0.15) is 11.5 Å². The Kier molecular flexibility index (Phi) is 4.70. The molecule has 0 heterocycles. The molecule has 104 valence electrons. The number of rotatable bonds is 5. The van der Waals surface area contributed by atoms with Crippen molar-refractivity contribution >= 4 is 21.6 Å². The number of hydrogen-bond donors (Lipinski definition) is 1. The summed E-state index contributed by atoms with van der Waals surface area (Å²) in [6.45, 7) is 0.779. The minimum absolute atomic E-state index is 0.00463. The van der Waals surface area contributed by atoms with E-state index in [1.165, 1.54) is 12.1 Å². The van der Waals surface area contributed by atoms with Gasteiger partial charge in [0.15, 0.2) is 0 Å². The minimum atomic E-state index is -0.449. The molecule has 0 fully saturated rings. The number of nitro groups is 1. The summed E-state index contributed by atoms with van der Waals surface area (Å²) in [5.41, 5.74) is 1.13. The van der Waals surface area contributed by atoms with Gasteiger partial charge in [-0.25, -0.2) is 0 Å². The highest BCUT2D eigenvalue weighted by atomic mass is 79.9. The van der Waals surface area contributed by atoms with Gasteiger partial charge < -0.3 is 10.1 Å². The van der Waals surface area contributed by atoms with Crippen molar-refractivity contribution in [2.24, 2.45) is 0 Å². The third-order valence-corrected chi connectivity index (χ3v) is 3.31. The van der Waals surface area contributed by atoms with Gasteiger partial charge in [-0.2, -0.15) is 0 Å². The van der Waals surface area contributed by atoms with Crippen LogP contribution < -0.4 is 10.1 Å². The molecule has 20 heavy (non-hydrogen) atoms. The van der Waals surface area contributed by atoms with E-state index in [9.17, 15) is 10.1 Å². The summed E-state index contributed by atoms with van der Waals surface area (Å²) in [4.78, 5) is 10.3. The Bertz CT molecular complexity index is 614. The zero-order chi connectivity index (χ0) is 14.5. The molecule has 0 aliphatic carbocycles. The molecule has 2 aromatic carbocycles. The summed E-state index contributed by atoms with van der Waals surface area (Å²) in [6, 6.07) is 12.0. The Morgan fingerprint density at radius 1 is 1.25 bits per heavy atom. The Labute approximate surface area is 124 Å². The number of nitrogens with one attached hydrogen (secondary N) is 1. The third kappa shape index (κ3) is 3.55. The predicted molar refractivity (Wildman–Crippen MR) is 80.1 cm³/mol. The summed E-state index contributed by atoms with van der Waals surface area (Å²) in [5.74, 6) is 1.05. The third-order valence-electron chi connectivity index (χ3n) is 2.66. The van der Waals surface area contributed by atoms with E-state index in [-0.39, 0.29) is 5.69 Å². The van der Waals surface area contributed by atoms with Gasteiger partial charge in [-0.1, -0.05) is 12.1 Å². The van der Waals surface area contributed by atoms with Crippen molar-refractivity contribution in [3.63, 3.8) is 0 Å². The highest BCUT2D eigenvalue weighted by Gasteiger charge is 2.11. The molecular weight excluding hydrogens is 324 g/mol. The van der Waals surface area contributed by atoms with Crippen LogP contribution in [0.25, 0.3) is 0 Å². The van der Waals surface area contributed by atoms with E-state index in [1.54, 1.807) is 6.07 Å². The lowest BCUT2D eigenvalue weighted by Gasteiger charge is -2.08. The second kappa shape index (κ2) is 6.49. The molecule has 0 aromatic heterocycles. The first-order valence-corrected chi connectivity index (χ1v) is 6.75. The lowest BCUT2D eigenvalue weighted by Crippen LogP contribution is -2.04. The van der Waals surface area contributed by atoms with E-state index >= 15 is 0 Å². The van der Waals surface area contributed by atoms with Crippen molar-refractivity contribution < 1.29 is 9.66 Å². The van der Waals surface area contributed by atoms with Crippen molar-refractivity contribution in [1.82, 2.24) is 5.32 Å². The SMILES string of the molecule is CNCc1ccc(Oc2cc([N+](=O)[O-])ccc2Br)cc1. The zero-order valence-corrected chi connectivity index (χ0v) is 12.4. The fraction of sp³-hybridized carbons (Fsp3) is 0.143. The quantitative estimate of drug-likeness (QED) is 0.664. The van der Waals surface area contributed by atoms with Crippen molar-refractivity contribution in [3.8, 4) is 11.5 Å². The molecule has 0 bridgehead atoms. The number of ether oxygens (including phenoxy) is 1. The molecule has 0 aliphatic heterocycles. The van der Waals surface area contributed by atoms with Crippen LogP contribution in [0.5, 0.6) is 11.5 Å². The van der Waals surface area contributed by atoms with Gasteiger partial charge in [-0.3, -0.25) is 10.1 Å². The normalized spacial score (nSPS) is 10.3. The van der Waals surface area contributed by atoms with Gasteiger partial charge in [0.25, 0.3) is 5.69 Å². The van der Waals surface area contributed by atoms with Crippen LogP contribution in [0.3, 0.4) is 0 Å². The Hall–Kier alpha value is -1.92. The van der Waals surface area contributed by atoms with Crippen molar-refractivity contribution in [2.75, 3.05) is 7.05 Å². The van der Waals surface area contributed by atoms with Crippen LogP contribution in [0.1, 0.15) is 5.56 Å². The average molecular weight is 337 g/mol. The standard InChI is InChI=1S/C14H13BrN2O3/c1-16-9-10-2-5-12(6-3-10)20-14-8-11(17(18)19)4-7-13(14)15/h2-8,16H,9H2,1H3. The molecular formula is C14H13BrN2O3. The summed E-state index contributed by atoms with van der Waals surface area (Å²) in [6.07, 6.45) is 0. The monoisotopic (exact) mass is 336 g/mol. The molecule has 0 saturated heterocycles. The Balaban J connectivity index is 2.20. The molecule has 2 rings (SSSR count). The van der Waals surface area contributed by atoms with Crippen LogP contribution in [0.2, 0.25) is 0 Å². The van der Waals surface area contributed by atoms with E-state index in [4.69, 9.17) is 4.74 Å². The summed E-state index contributed by atoms with van der Waals surface area (Å²) in [7, 11) is 1.88. The van der Waals surface area contributed by atoms with Crippen molar-refractivity contribution in [2.45, 2.75) is 6.54 Å². The molecule has 0 atom stereocenters. The van der Waals surface area contributed by atoms with E-state index in [2.05, 4.69) is 21.2 Å². The number of nitrogens with zero attached hydrogens (tertiary/aromatic N) is 1. The van der Waals surface area contributed by atoms with Crippen LogP contribution in [0, 0.1) is 10.1 Å². The molecule has 5 nitrogen and oxygen atoms in total. The largest absolute Gasteiger partial charge is 0.456 e. The number of non-ortho nitro benzene ring substituents is 1. The van der Waals surface area contributed by atoms with Gasteiger partial charge >= 0.3 is 0 Å². The minimum Gasteiger partial charge on any atom is -0.456 e. The Morgan fingerprint density at radius 2 is 1.95 bits per heavy atom. The zero-order valence-electron chi connectivity index (χ0n) is 10.8. The first kappa shape index (κ1) is 14.5.